The number of hydrogen-bond acceptors (Lipinski definition) is 7. The van der Waals surface area contributed by atoms with Crippen LogP contribution < -0.4 is 20.5 Å². The first-order valence-electron chi connectivity index (χ1n) is 10.6. The number of nitrogens with one attached hydrogen (secondary N) is 2. The summed E-state index contributed by atoms with van der Waals surface area (Å²) in [5.41, 5.74) is 3.31. The van der Waals surface area contributed by atoms with E-state index in [-0.39, 0.29) is 0 Å². The van der Waals surface area contributed by atoms with Crippen molar-refractivity contribution in [1.82, 2.24) is 24.9 Å². The van der Waals surface area contributed by atoms with Gasteiger partial charge >= 0.3 is 0 Å². The van der Waals surface area contributed by atoms with Gasteiger partial charge in [-0.05, 0) is 44.4 Å². The standard InChI is InChI=1S/C21H28N8/c1-16-13-17-14-24-21(26-20(17)29(16)28-9-3-2-4-10-28)25-19-6-5-18(15-23-19)27-11-7-22-8-12-27/h5-6,13-15,22H,2-4,7-12H2,1H3,(H,23,24,25,26). The summed E-state index contributed by atoms with van der Waals surface area (Å²) >= 11 is 0. The first-order valence-corrected chi connectivity index (χ1v) is 10.6. The molecule has 0 saturated carbocycles. The summed E-state index contributed by atoms with van der Waals surface area (Å²) < 4.78 is 2.25. The van der Waals surface area contributed by atoms with Gasteiger partial charge in [-0.2, -0.15) is 4.98 Å². The SMILES string of the molecule is Cc1cc2cnc(Nc3ccc(N4CCNCC4)cn3)nc2n1N1CCCCC1. The fourth-order valence-electron chi connectivity index (χ4n) is 4.29. The van der Waals surface area contributed by atoms with Gasteiger partial charge in [0.1, 0.15) is 5.82 Å². The summed E-state index contributed by atoms with van der Waals surface area (Å²) in [6, 6.07) is 6.27. The summed E-state index contributed by atoms with van der Waals surface area (Å²) in [5.74, 6) is 1.34. The minimum atomic E-state index is 0.580. The van der Waals surface area contributed by atoms with E-state index in [1.807, 2.05) is 18.5 Å². The molecule has 0 radical (unpaired) electrons. The molecule has 0 atom stereocenters. The number of fused-ring (bicyclic) bond motifs is 1. The van der Waals surface area contributed by atoms with Gasteiger partial charge in [-0.15, -0.1) is 0 Å². The summed E-state index contributed by atoms with van der Waals surface area (Å²) in [7, 11) is 0. The van der Waals surface area contributed by atoms with Gasteiger partial charge < -0.3 is 20.5 Å². The highest BCUT2D eigenvalue weighted by Gasteiger charge is 2.17. The number of nitrogens with zero attached hydrogens (tertiary/aromatic N) is 6. The number of piperazine rings is 1. The Balaban J connectivity index is 1.37. The number of aryl methyl sites for hydroxylation is 1. The molecule has 2 aliphatic rings. The maximum Gasteiger partial charge on any atom is 0.230 e. The van der Waals surface area contributed by atoms with E-state index in [1.165, 1.54) is 25.0 Å². The number of piperidine rings is 1. The van der Waals surface area contributed by atoms with Gasteiger partial charge in [0.05, 0.1) is 11.9 Å². The highest BCUT2D eigenvalue weighted by molar-refractivity contribution is 5.78. The van der Waals surface area contributed by atoms with Crippen molar-refractivity contribution >= 4 is 28.5 Å². The summed E-state index contributed by atoms with van der Waals surface area (Å²) in [6.07, 6.45) is 7.60. The molecule has 2 saturated heterocycles. The summed E-state index contributed by atoms with van der Waals surface area (Å²) in [4.78, 5) is 16.2. The topological polar surface area (TPSA) is 74.1 Å². The summed E-state index contributed by atoms with van der Waals surface area (Å²) in [6.45, 7) is 8.36. The fraction of sp³-hybridized carbons (Fsp3) is 0.476. The van der Waals surface area contributed by atoms with Crippen molar-refractivity contribution in [3.8, 4) is 0 Å². The second-order valence-electron chi connectivity index (χ2n) is 7.85. The van der Waals surface area contributed by atoms with Crippen molar-refractivity contribution < 1.29 is 0 Å². The van der Waals surface area contributed by atoms with Crippen LogP contribution in [0.2, 0.25) is 0 Å². The molecule has 0 aliphatic carbocycles. The lowest BCUT2D eigenvalue weighted by atomic mass is 10.2. The third kappa shape index (κ3) is 3.72. The van der Waals surface area contributed by atoms with Crippen LogP contribution in [0.3, 0.4) is 0 Å². The third-order valence-electron chi connectivity index (χ3n) is 5.78. The molecule has 8 nitrogen and oxygen atoms in total. The Kier molecular flexibility index (Phi) is 4.93. The lowest BCUT2D eigenvalue weighted by Crippen LogP contribution is -2.43. The maximum absolute atomic E-state index is 4.82. The Hall–Kier alpha value is -2.87. The molecule has 2 N–H and O–H groups in total. The monoisotopic (exact) mass is 392 g/mol. The van der Waals surface area contributed by atoms with E-state index in [0.717, 1.165) is 61.8 Å². The Bertz CT molecular complexity index is 968. The lowest BCUT2D eigenvalue weighted by Gasteiger charge is -2.31. The Morgan fingerprint density at radius 3 is 2.55 bits per heavy atom. The molecule has 0 aromatic carbocycles. The van der Waals surface area contributed by atoms with Gasteiger partial charge in [-0.25, -0.2) is 14.6 Å². The van der Waals surface area contributed by atoms with Gasteiger partial charge in [0.25, 0.3) is 0 Å². The number of rotatable bonds is 4. The van der Waals surface area contributed by atoms with Gasteiger partial charge in [0.15, 0.2) is 5.65 Å². The fourth-order valence-corrected chi connectivity index (χ4v) is 4.29. The van der Waals surface area contributed by atoms with Gasteiger partial charge in [-0.3, -0.25) is 0 Å². The molecule has 0 unspecified atom stereocenters. The van der Waals surface area contributed by atoms with Gasteiger partial charge in [0.2, 0.25) is 5.95 Å². The zero-order valence-corrected chi connectivity index (χ0v) is 16.9. The van der Waals surface area contributed by atoms with Crippen LogP contribution in [0.4, 0.5) is 17.5 Å². The van der Waals surface area contributed by atoms with Crippen molar-refractivity contribution in [2.24, 2.45) is 0 Å². The molecule has 3 aromatic heterocycles. The molecule has 3 aromatic rings. The molecule has 0 spiro atoms. The highest BCUT2D eigenvalue weighted by Crippen LogP contribution is 2.22. The van der Waals surface area contributed by atoms with Crippen LogP contribution in [0.15, 0.2) is 30.6 Å². The second-order valence-corrected chi connectivity index (χ2v) is 7.85. The van der Waals surface area contributed by atoms with E-state index in [4.69, 9.17) is 4.98 Å². The highest BCUT2D eigenvalue weighted by atomic mass is 15.6. The van der Waals surface area contributed by atoms with Crippen LogP contribution in [0.5, 0.6) is 0 Å². The number of anilines is 3. The normalized spacial score (nSPS) is 17.7. The van der Waals surface area contributed by atoms with Gasteiger partial charge in [-0.1, -0.05) is 0 Å². The minimum absolute atomic E-state index is 0.580. The average molecular weight is 393 g/mol. The Morgan fingerprint density at radius 1 is 0.966 bits per heavy atom. The van der Waals surface area contributed by atoms with Crippen molar-refractivity contribution in [3.63, 3.8) is 0 Å². The number of pyridine rings is 1. The van der Waals surface area contributed by atoms with Crippen molar-refractivity contribution in [2.75, 3.05) is 54.5 Å². The predicted octanol–water partition coefficient (Wildman–Crippen LogP) is 2.41. The molecule has 8 heteroatoms. The molecule has 0 bridgehead atoms. The molecule has 5 rings (SSSR count). The van der Waals surface area contributed by atoms with E-state index in [0.29, 0.717) is 5.95 Å². The van der Waals surface area contributed by atoms with Gasteiger partial charge in [0, 0.05) is 56.5 Å². The van der Waals surface area contributed by atoms with E-state index in [2.05, 4.69) is 54.2 Å². The van der Waals surface area contributed by atoms with Crippen LogP contribution in [0.1, 0.15) is 25.0 Å². The minimum Gasteiger partial charge on any atom is -0.368 e. The number of hydrogen-bond donors (Lipinski definition) is 2. The van der Waals surface area contributed by atoms with Crippen LogP contribution in [-0.4, -0.2) is 58.9 Å². The molecule has 2 fully saturated rings. The molecular formula is C21H28N8. The Labute approximate surface area is 170 Å². The molecule has 0 amide bonds. The zero-order chi connectivity index (χ0) is 19.6. The van der Waals surface area contributed by atoms with E-state index < -0.39 is 0 Å². The molecular weight excluding hydrogens is 364 g/mol. The largest absolute Gasteiger partial charge is 0.368 e. The maximum atomic E-state index is 4.82. The van der Waals surface area contributed by atoms with Crippen LogP contribution in [-0.2, 0) is 0 Å². The van der Waals surface area contributed by atoms with Crippen LogP contribution >= 0.6 is 0 Å². The average Bonchev–Trinajstić information content (AvgIpc) is 3.10. The first kappa shape index (κ1) is 18.2. The van der Waals surface area contributed by atoms with Crippen molar-refractivity contribution in [3.05, 3.63) is 36.3 Å². The zero-order valence-electron chi connectivity index (χ0n) is 16.9. The predicted molar refractivity (Wildman–Crippen MR) is 117 cm³/mol. The lowest BCUT2D eigenvalue weighted by molar-refractivity contribution is 0.480. The quantitative estimate of drug-likeness (QED) is 0.706. The number of aromatic nitrogens is 4. The molecule has 152 valence electrons. The Morgan fingerprint density at radius 2 is 1.79 bits per heavy atom. The van der Waals surface area contributed by atoms with Crippen molar-refractivity contribution in [1.29, 1.82) is 0 Å². The van der Waals surface area contributed by atoms with Crippen molar-refractivity contribution in [2.45, 2.75) is 26.2 Å². The second kappa shape index (κ2) is 7.87. The third-order valence-corrected chi connectivity index (χ3v) is 5.78. The van der Waals surface area contributed by atoms with Crippen LogP contribution in [0.25, 0.3) is 11.0 Å². The van der Waals surface area contributed by atoms with Crippen LogP contribution in [0, 0.1) is 6.92 Å². The smallest absolute Gasteiger partial charge is 0.230 e. The summed E-state index contributed by atoms with van der Waals surface area (Å²) in [5, 5.41) is 10.1. The van der Waals surface area contributed by atoms with E-state index in [9.17, 15) is 0 Å². The molecule has 2 aliphatic heterocycles. The molecule has 29 heavy (non-hydrogen) atoms. The van der Waals surface area contributed by atoms with E-state index >= 15 is 0 Å². The first-order chi connectivity index (χ1) is 14.3. The van der Waals surface area contributed by atoms with E-state index in [1.54, 1.807) is 0 Å². The molecule has 5 heterocycles.